The third-order valence-electron chi connectivity index (χ3n) is 6.86. The first-order valence-corrected chi connectivity index (χ1v) is 11.5. The molecule has 1 aromatic carbocycles. The Balaban J connectivity index is 2.03. The molecule has 1 aliphatic carbocycles. The minimum Gasteiger partial charge on any atom is -0.465 e. The number of esters is 1. The molecule has 1 fully saturated rings. The van der Waals surface area contributed by atoms with Crippen LogP contribution in [-0.4, -0.2) is 34.8 Å². The Kier molecular flexibility index (Phi) is 7.82. The van der Waals surface area contributed by atoms with Crippen molar-refractivity contribution in [2.75, 3.05) is 19.5 Å². The van der Waals surface area contributed by atoms with Crippen LogP contribution in [0.2, 0.25) is 0 Å². The van der Waals surface area contributed by atoms with Crippen molar-refractivity contribution in [2.24, 2.45) is 11.8 Å². The van der Waals surface area contributed by atoms with Crippen molar-refractivity contribution in [3.63, 3.8) is 0 Å². The number of methoxy groups -OCH3 is 1. The number of carbonyl (C=O) groups is 1. The first kappa shape index (κ1) is 24.1. The summed E-state index contributed by atoms with van der Waals surface area (Å²) in [4.78, 5) is 21.1. The highest BCUT2D eigenvalue weighted by Gasteiger charge is 2.36. The predicted molar refractivity (Wildman–Crippen MR) is 123 cm³/mol. The van der Waals surface area contributed by atoms with Crippen LogP contribution >= 0.6 is 0 Å². The van der Waals surface area contributed by atoms with Gasteiger partial charge in [0.1, 0.15) is 17.3 Å². The lowest BCUT2D eigenvalue weighted by molar-refractivity contribution is 0.0595. The van der Waals surface area contributed by atoms with E-state index in [0.717, 1.165) is 50.6 Å². The second kappa shape index (κ2) is 10.4. The number of anilines is 1. The molecule has 1 heterocycles. The van der Waals surface area contributed by atoms with Gasteiger partial charge in [-0.15, -0.1) is 0 Å². The van der Waals surface area contributed by atoms with E-state index in [9.17, 15) is 14.3 Å². The maximum Gasteiger partial charge on any atom is 0.340 e. The van der Waals surface area contributed by atoms with E-state index in [4.69, 9.17) is 10.7 Å². The van der Waals surface area contributed by atoms with E-state index in [1.807, 2.05) is 0 Å². The standard InChI is InChI=1S/C25H34FN3O3/c1-4-9-25(10-7-16(2)12-17(15-30)8-11-25)21-14-28-23(27)22(29-21)18-5-6-19(20(26)13-18)24(31)32-3/h5-6,13-14,16-17,30H,4,7-12,15H2,1-3H3,(H2,27,28). The Morgan fingerprint density at radius 1 is 1.34 bits per heavy atom. The van der Waals surface area contributed by atoms with Crippen molar-refractivity contribution in [1.29, 1.82) is 0 Å². The highest BCUT2D eigenvalue weighted by Crippen LogP contribution is 2.43. The number of nitrogen functional groups attached to an aromatic ring is 1. The Bertz CT molecular complexity index is 952. The first-order valence-electron chi connectivity index (χ1n) is 11.5. The molecule has 3 N–H and O–H groups in total. The summed E-state index contributed by atoms with van der Waals surface area (Å²) in [7, 11) is 1.22. The SMILES string of the molecule is CCCC1(c2cnc(N)c(-c3ccc(C(=O)OC)c(F)c3)n2)CCC(C)CC(CO)CC1. The number of hydrogen-bond acceptors (Lipinski definition) is 6. The fourth-order valence-electron chi connectivity index (χ4n) is 5.02. The normalized spacial score (nSPS) is 23.9. The lowest BCUT2D eigenvalue weighted by Gasteiger charge is -2.38. The fourth-order valence-corrected chi connectivity index (χ4v) is 5.02. The van der Waals surface area contributed by atoms with Crippen molar-refractivity contribution >= 4 is 11.8 Å². The van der Waals surface area contributed by atoms with Gasteiger partial charge in [0.05, 0.1) is 24.6 Å². The molecular weight excluding hydrogens is 409 g/mol. The number of hydrogen-bond donors (Lipinski definition) is 2. The van der Waals surface area contributed by atoms with Gasteiger partial charge in [0.15, 0.2) is 0 Å². The quantitative estimate of drug-likeness (QED) is 0.616. The van der Waals surface area contributed by atoms with Gasteiger partial charge in [0.2, 0.25) is 0 Å². The van der Waals surface area contributed by atoms with Crippen molar-refractivity contribution < 1.29 is 19.0 Å². The molecule has 7 heteroatoms. The van der Waals surface area contributed by atoms with Gasteiger partial charge in [-0.05, 0) is 62.5 Å². The summed E-state index contributed by atoms with van der Waals surface area (Å²) in [6.45, 7) is 4.62. The van der Waals surface area contributed by atoms with E-state index in [2.05, 4.69) is 23.6 Å². The van der Waals surface area contributed by atoms with Crippen LogP contribution in [0, 0.1) is 17.7 Å². The Labute approximate surface area is 189 Å². The summed E-state index contributed by atoms with van der Waals surface area (Å²) in [5, 5.41) is 9.82. The number of benzene rings is 1. The molecule has 1 aliphatic rings. The van der Waals surface area contributed by atoms with E-state index in [1.165, 1.54) is 19.2 Å². The molecule has 3 rings (SSSR count). The van der Waals surface area contributed by atoms with Crippen molar-refractivity contribution in [3.8, 4) is 11.3 Å². The minimum atomic E-state index is -0.731. The number of aromatic nitrogens is 2. The molecule has 0 bridgehead atoms. The molecule has 0 saturated heterocycles. The number of aliphatic hydroxyl groups excluding tert-OH is 1. The van der Waals surface area contributed by atoms with E-state index < -0.39 is 11.8 Å². The molecular formula is C25H34FN3O3. The molecule has 3 unspecified atom stereocenters. The van der Waals surface area contributed by atoms with E-state index >= 15 is 0 Å². The largest absolute Gasteiger partial charge is 0.465 e. The molecule has 1 aromatic heterocycles. The van der Waals surface area contributed by atoms with Gasteiger partial charge in [-0.3, -0.25) is 0 Å². The Morgan fingerprint density at radius 3 is 2.75 bits per heavy atom. The fraction of sp³-hybridized carbons (Fsp3) is 0.560. The highest BCUT2D eigenvalue weighted by molar-refractivity contribution is 5.90. The van der Waals surface area contributed by atoms with Crippen LogP contribution in [0.25, 0.3) is 11.3 Å². The van der Waals surface area contributed by atoms with Crippen LogP contribution < -0.4 is 5.73 Å². The number of carbonyl (C=O) groups excluding carboxylic acids is 1. The molecule has 32 heavy (non-hydrogen) atoms. The van der Waals surface area contributed by atoms with Crippen LogP contribution in [-0.2, 0) is 10.2 Å². The monoisotopic (exact) mass is 443 g/mol. The molecule has 2 aromatic rings. The summed E-state index contributed by atoms with van der Waals surface area (Å²) in [6.07, 6.45) is 8.68. The molecule has 6 nitrogen and oxygen atoms in total. The van der Waals surface area contributed by atoms with Gasteiger partial charge in [0, 0.05) is 17.6 Å². The Hall–Kier alpha value is -2.54. The lowest BCUT2D eigenvalue weighted by Crippen LogP contribution is -2.32. The summed E-state index contributed by atoms with van der Waals surface area (Å²) in [5.41, 5.74) is 7.61. The predicted octanol–water partition coefficient (Wildman–Crippen LogP) is 4.90. The van der Waals surface area contributed by atoms with Gasteiger partial charge in [-0.1, -0.05) is 26.3 Å². The van der Waals surface area contributed by atoms with E-state index in [-0.39, 0.29) is 23.4 Å². The van der Waals surface area contributed by atoms with Crippen LogP contribution in [0.3, 0.4) is 0 Å². The molecule has 3 atom stereocenters. The smallest absolute Gasteiger partial charge is 0.340 e. The first-order chi connectivity index (χ1) is 15.3. The van der Waals surface area contributed by atoms with Crippen LogP contribution in [0.15, 0.2) is 24.4 Å². The number of aliphatic hydroxyl groups is 1. The highest BCUT2D eigenvalue weighted by atomic mass is 19.1. The topological polar surface area (TPSA) is 98.3 Å². The average molecular weight is 444 g/mol. The van der Waals surface area contributed by atoms with E-state index in [0.29, 0.717) is 23.1 Å². The second-order valence-electron chi connectivity index (χ2n) is 9.17. The van der Waals surface area contributed by atoms with Crippen molar-refractivity contribution in [1.82, 2.24) is 9.97 Å². The van der Waals surface area contributed by atoms with Crippen molar-refractivity contribution in [2.45, 2.75) is 64.2 Å². The molecule has 0 aliphatic heterocycles. The molecule has 0 amide bonds. The van der Waals surface area contributed by atoms with Crippen molar-refractivity contribution in [3.05, 3.63) is 41.5 Å². The number of nitrogens with zero attached hydrogens (tertiary/aromatic N) is 2. The summed E-state index contributed by atoms with van der Waals surface area (Å²) < 4.78 is 19.2. The zero-order valence-corrected chi connectivity index (χ0v) is 19.2. The summed E-state index contributed by atoms with van der Waals surface area (Å²) in [5.74, 6) is -0.369. The van der Waals surface area contributed by atoms with Crippen LogP contribution in [0.1, 0.15) is 74.8 Å². The molecule has 174 valence electrons. The maximum absolute atomic E-state index is 14.6. The van der Waals surface area contributed by atoms with Crippen LogP contribution in [0.4, 0.5) is 10.2 Å². The Morgan fingerprint density at radius 2 is 2.09 bits per heavy atom. The summed E-state index contributed by atoms with van der Waals surface area (Å²) >= 11 is 0. The zero-order chi connectivity index (χ0) is 23.3. The maximum atomic E-state index is 14.6. The van der Waals surface area contributed by atoms with Gasteiger partial charge >= 0.3 is 5.97 Å². The van der Waals surface area contributed by atoms with Gasteiger partial charge in [-0.25, -0.2) is 19.2 Å². The second-order valence-corrected chi connectivity index (χ2v) is 9.17. The van der Waals surface area contributed by atoms with Gasteiger partial charge in [0.25, 0.3) is 0 Å². The molecule has 1 saturated carbocycles. The summed E-state index contributed by atoms with van der Waals surface area (Å²) in [6, 6.07) is 4.26. The third kappa shape index (κ3) is 5.09. The molecule has 0 spiro atoms. The minimum absolute atomic E-state index is 0.134. The number of rotatable bonds is 6. The number of ether oxygens (including phenoxy) is 1. The van der Waals surface area contributed by atoms with Crippen LogP contribution in [0.5, 0.6) is 0 Å². The average Bonchev–Trinajstić information content (AvgIpc) is 2.78. The zero-order valence-electron chi connectivity index (χ0n) is 19.2. The van der Waals surface area contributed by atoms with Gasteiger partial charge in [-0.2, -0.15) is 0 Å². The third-order valence-corrected chi connectivity index (χ3v) is 6.86. The van der Waals surface area contributed by atoms with Gasteiger partial charge < -0.3 is 15.6 Å². The number of halogens is 1. The van der Waals surface area contributed by atoms with E-state index in [1.54, 1.807) is 12.3 Å². The number of nitrogens with two attached hydrogens (primary N) is 1. The molecule has 0 radical (unpaired) electrons. The lowest BCUT2D eigenvalue weighted by atomic mass is 9.68.